The van der Waals surface area contributed by atoms with Gasteiger partial charge in [-0.2, -0.15) is 5.26 Å². The third-order valence-electron chi connectivity index (χ3n) is 3.94. The molecule has 0 spiro atoms. The van der Waals surface area contributed by atoms with Gasteiger partial charge in [-0.3, -0.25) is 4.79 Å². The van der Waals surface area contributed by atoms with Gasteiger partial charge in [0.05, 0.1) is 24.3 Å². The van der Waals surface area contributed by atoms with Crippen molar-refractivity contribution in [3.8, 4) is 6.07 Å². The summed E-state index contributed by atoms with van der Waals surface area (Å²) in [5.74, 6) is -0.862. The molecule has 1 aliphatic rings. The number of thioether (sulfide) groups is 1. The van der Waals surface area contributed by atoms with Gasteiger partial charge in [-0.25, -0.2) is 9.78 Å². The second-order valence-electron chi connectivity index (χ2n) is 5.64. The first kappa shape index (κ1) is 19.3. The van der Waals surface area contributed by atoms with Gasteiger partial charge in [0, 0.05) is 5.69 Å². The van der Waals surface area contributed by atoms with Crippen molar-refractivity contribution in [1.82, 2.24) is 4.98 Å². The van der Waals surface area contributed by atoms with E-state index >= 15 is 0 Å². The Bertz CT molecular complexity index is 712. The first-order valence-corrected chi connectivity index (χ1v) is 9.37. The number of carbonyl (C=O) groups excluding carboxylic acids is 2. The maximum atomic E-state index is 12.5. The Kier molecular flexibility index (Phi) is 6.82. The number of carbonyl (C=O) groups is 2. The molecule has 6 nitrogen and oxygen atoms in total. The molecular formula is C18H22N2O4S. The van der Waals surface area contributed by atoms with Gasteiger partial charge in [0.25, 0.3) is 0 Å². The zero-order valence-corrected chi connectivity index (χ0v) is 15.6. The van der Waals surface area contributed by atoms with Gasteiger partial charge >= 0.3 is 11.9 Å². The monoisotopic (exact) mass is 362 g/mol. The summed E-state index contributed by atoms with van der Waals surface area (Å²) in [5, 5.41) is 9.52. The molecule has 0 aromatic carbocycles. The molecule has 0 N–H and O–H groups in total. The Labute approximate surface area is 151 Å². The van der Waals surface area contributed by atoms with Gasteiger partial charge < -0.3 is 9.47 Å². The number of pyridine rings is 1. The van der Waals surface area contributed by atoms with Crippen LogP contribution in [0.15, 0.2) is 5.03 Å². The fraction of sp³-hybridized carbons (Fsp3) is 0.556. The molecule has 0 saturated heterocycles. The van der Waals surface area contributed by atoms with E-state index in [1.54, 1.807) is 20.8 Å². The number of esters is 2. The van der Waals surface area contributed by atoms with Crippen molar-refractivity contribution in [3.05, 3.63) is 22.4 Å². The SMILES string of the molecule is CCOC(=O)c1c(C#N)c(SC(C)C(=O)OCC)nc2c1CCCC2. The third kappa shape index (κ3) is 4.31. The summed E-state index contributed by atoms with van der Waals surface area (Å²) in [7, 11) is 0. The van der Waals surface area contributed by atoms with Crippen LogP contribution in [0.5, 0.6) is 0 Å². The van der Waals surface area contributed by atoms with Gasteiger partial charge in [-0.1, -0.05) is 11.8 Å². The molecule has 1 aromatic rings. The highest BCUT2D eigenvalue weighted by atomic mass is 32.2. The Balaban J connectivity index is 2.49. The van der Waals surface area contributed by atoms with Crippen LogP contribution in [0.2, 0.25) is 0 Å². The smallest absolute Gasteiger partial charge is 0.339 e. The van der Waals surface area contributed by atoms with Crippen LogP contribution >= 0.6 is 11.8 Å². The number of hydrogen-bond donors (Lipinski definition) is 0. The molecule has 0 amide bonds. The first-order valence-electron chi connectivity index (χ1n) is 8.49. The van der Waals surface area contributed by atoms with Crippen molar-refractivity contribution in [1.29, 1.82) is 5.26 Å². The number of rotatable bonds is 6. The largest absolute Gasteiger partial charge is 0.465 e. The van der Waals surface area contributed by atoms with Crippen molar-refractivity contribution >= 4 is 23.7 Å². The lowest BCUT2D eigenvalue weighted by Crippen LogP contribution is -2.20. The summed E-state index contributed by atoms with van der Waals surface area (Å²) in [6.45, 7) is 5.71. The quantitative estimate of drug-likeness (QED) is 0.567. The van der Waals surface area contributed by atoms with Crippen LogP contribution in [0.4, 0.5) is 0 Å². The summed E-state index contributed by atoms with van der Waals surface area (Å²) in [6.07, 6.45) is 3.42. The van der Waals surface area contributed by atoms with Crippen molar-refractivity contribution in [2.75, 3.05) is 13.2 Å². The first-order chi connectivity index (χ1) is 12.0. The second kappa shape index (κ2) is 8.86. The number of aryl methyl sites for hydroxylation is 1. The molecule has 0 bridgehead atoms. The standard InChI is InChI=1S/C18H22N2O4S/c1-4-23-17(21)11(3)25-16-13(10-19)15(18(22)24-5-2)12-8-6-7-9-14(12)20-16/h11H,4-9H2,1-3H3. The van der Waals surface area contributed by atoms with E-state index in [4.69, 9.17) is 9.47 Å². The highest BCUT2D eigenvalue weighted by Crippen LogP contribution is 2.34. The summed E-state index contributed by atoms with van der Waals surface area (Å²) >= 11 is 1.15. The van der Waals surface area contributed by atoms with Crippen molar-refractivity contribution in [2.24, 2.45) is 0 Å². The van der Waals surface area contributed by atoms with E-state index in [9.17, 15) is 14.9 Å². The molecule has 2 rings (SSSR count). The molecule has 0 fully saturated rings. The predicted molar refractivity (Wildman–Crippen MR) is 93.5 cm³/mol. The summed E-state index contributed by atoms with van der Waals surface area (Å²) in [6, 6.07) is 2.09. The Morgan fingerprint density at radius 1 is 1.24 bits per heavy atom. The van der Waals surface area contributed by atoms with E-state index in [1.807, 2.05) is 0 Å². The van der Waals surface area contributed by atoms with Crippen LogP contribution in [0.1, 0.15) is 60.8 Å². The Morgan fingerprint density at radius 3 is 2.56 bits per heavy atom. The van der Waals surface area contributed by atoms with E-state index in [0.717, 1.165) is 42.3 Å². The number of aromatic nitrogens is 1. The molecule has 1 heterocycles. The molecular weight excluding hydrogens is 340 g/mol. The average Bonchev–Trinajstić information content (AvgIpc) is 2.60. The second-order valence-corrected chi connectivity index (χ2v) is 6.97. The fourth-order valence-electron chi connectivity index (χ4n) is 2.81. The molecule has 0 aliphatic heterocycles. The van der Waals surface area contributed by atoms with E-state index in [-0.39, 0.29) is 18.1 Å². The summed E-state index contributed by atoms with van der Waals surface area (Å²) < 4.78 is 10.2. The summed E-state index contributed by atoms with van der Waals surface area (Å²) in [5.41, 5.74) is 2.15. The molecule has 25 heavy (non-hydrogen) atoms. The van der Waals surface area contributed by atoms with Gasteiger partial charge in [0.15, 0.2) is 0 Å². The third-order valence-corrected chi connectivity index (χ3v) is 5.00. The van der Waals surface area contributed by atoms with Gasteiger partial charge in [0.2, 0.25) is 0 Å². The maximum Gasteiger partial charge on any atom is 0.339 e. The van der Waals surface area contributed by atoms with Crippen molar-refractivity contribution in [2.45, 2.75) is 56.7 Å². The molecule has 1 aromatic heterocycles. The van der Waals surface area contributed by atoms with Crippen LogP contribution in [0.3, 0.4) is 0 Å². The maximum absolute atomic E-state index is 12.5. The van der Waals surface area contributed by atoms with Crippen LogP contribution in [-0.4, -0.2) is 35.4 Å². The van der Waals surface area contributed by atoms with E-state index in [2.05, 4.69) is 11.1 Å². The zero-order chi connectivity index (χ0) is 18.4. The molecule has 7 heteroatoms. The van der Waals surface area contributed by atoms with Gasteiger partial charge in [0.1, 0.15) is 16.3 Å². The van der Waals surface area contributed by atoms with E-state index < -0.39 is 11.2 Å². The van der Waals surface area contributed by atoms with Crippen molar-refractivity contribution in [3.63, 3.8) is 0 Å². The lowest BCUT2D eigenvalue weighted by atomic mass is 9.90. The van der Waals surface area contributed by atoms with E-state index in [1.165, 1.54) is 0 Å². The van der Waals surface area contributed by atoms with Crippen LogP contribution in [0.25, 0.3) is 0 Å². The molecule has 1 atom stereocenters. The number of fused-ring (bicyclic) bond motifs is 1. The van der Waals surface area contributed by atoms with Crippen LogP contribution in [0, 0.1) is 11.3 Å². The minimum atomic E-state index is -0.517. The molecule has 0 radical (unpaired) electrons. The molecule has 0 saturated carbocycles. The highest BCUT2D eigenvalue weighted by molar-refractivity contribution is 8.00. The van der Waals surface area contributed by atoms with Crippen LogP contribution in [-0.2, 0) is 27.1 Å². The van der Waals surface area contributed by atoms with Crippen molar-refractivity contribution < 1.29 is 19.1 Å². The van der Waals surface area contributed by atoms with E-state index in [0.29, 0.717) is 23.6 Å². The number of hydrogen-bond acceptors (Lipinski definition) is 7. The summed E-state index contributed by atoms with van der Waals surface area (Å²) in [4.78, 5) is 29.0. The Morgan fingerprint density at radius 2 is 1.92 bits per heavy atom. The number of nitriles is 1. The minimum absolute atomic E-state index is 0.195. The highest BCUT2D eigenvalue weighted by Gasteiger charge is 2.29. The van der Waals surface area contributed by atoms with Gasteiger partial charge in [-0.15, -0.1) is 0 Å². The molecule has 1 aliphatic carbocycles. The average molecular weight is 362 g/mol. The zero-order valence-electron chi connectivity index (χ0n) is 14.8. The fourth-order valence-corrected chi connectivity index (χ4v) is 3.74. The van der Waals surface area contributed by atoms with Crippen LogP contribution < -0.4 is 0 Å². The minimum Gasteiger partial charge on any atom is -0.465 e. The lowest BCUT2D eigenvalue weighted by Gasteiger charge is -2.21. The predicted octanol–water partition coefficient (Wildman–Crippen LogP) is 3.05. The number of nitrogens with zero attached hydrogens (tertiary/aromatic N) is 2. The normalized spacial score (nSPS) is 14.2. The van der Waals surface area contributed by atoms with Gasteiger partial charge in [-0.05, 0) is 52.0 Å². The Hall–Kier alpha value is -2.07. The number of ether oxygens (including phenoxy) is 2. The molecule has 134 valence electrons. The lowest BCUT2D eigenvalue weighted by molar-refractivity contribution is -0.142. The molecule has 1 unspecified atom stereocenters. The topological polar surface area (TPSA) is 89.3 Å².